The number of hydrogen-bond acceptors (Lipinski definition) is 0. The quantitative estimate of drug-likeness (QED) is 0.446. The second kappa shape index (κ2) is 17.5. The molecule has 0 aliphatic rings. The Morgan fingerprint density at radius 2 is 1.24 bits per heavy atom. The van der Waals surface area contributed by atoms with Crippen LogP contribution in [0, 0.1) is 48.4 Å². The van der Waals surface area contributed by atoms with Gasteiger partial charge in [0.05, 0.1) is 0 Å². The van der Waals surface area contributed by atoms with E-state index in [2.05, 4.69) is 41.6 Å². The van der Waals surface area contributed by atoms with Crippen molar-refractivity contribution in [3.63, 3.8) is 0 Å². The first-order valence-corrected chi connectivity index (χ1v) is 7.27. The lowest BCUT2D eigenvalue weighted by Crippen LogP contribution is -1.71. The fourth-order valence-corrected chi connectivity index (χ4v) is 1.46. The van der Waals surface area contributed by atoms with Crippen LogP contribution in [0.5, 0.6) is 0 Å². The Balaban J connectivity index is 3.54. The first kappa shape index (κ1) is 18.5. The summed E-state index contributed by atoms with van der Waals surface area (Å²) in [5.74, 6) is 16.6. The van der Waals surface area contributed by atoms with Gasteiger partial charge in [-0.2, -0.15) is 0 Å². The van der Waals surface area contributed by atoms with Gasteiger partial charge in [0.1, 0.15) is 0 Å². The number of allylic oxidation sites excluding steroid dienone is 6. The first-order chi connectivity index (χ1) is 10.4. The highest BCUT2D eigenvalue weighted by molar-refractivity contribution is 5.30. The molecular formula is C21H22. The second-order valence-electron chi connectivity index (χ2n) is 4.29. The molecule has 0 saturated heterocycles. The smallest absolute Gasteiger partial charge is 0.0102 e. The molecule has 0 rings (SSSR count). The van der Waals surface area contributed by atoms with Crippen LogP contribution in [0.15, 0.2) is 36.5 Å². The van der Waals surface area contributed by atoms with Crippen molar-refractivity contribution in [3.05, 3.63) is 36.5 Å². The SMILES string of the molecule is C#C/C=C\CCCC#CC#C/C=C\CCCC/C=C\C#C. The van der Waals surface area contributed by atoms with E-state index in [1.54, 1.807) is 12.2 Å². The van der Waals surface area contributed by atoms with Crippen molar-refractivity contribution in [2.75, 3.05) is 0 Å². The zero-order chi connectivity index (χ0) is 15.4. The molecule has 0 fully saturated rings. The molecule has 0 aliphatic carbocycles. The summed E-state index contributed by atoms with van der Waals surface area (Å²) in [6.07, 6.45) is 28.9. The number of terminal acetylenes is 2. The van der Waals surface area contributed by atoms with E-state index in [4.69, 9.17) is 12.8 Å². The summed E-state index contributed by atoms with van der Waals surface area (Å²) in [6, 6.07) is 0. The Morgan fingerprint density at radius 1 is 0.667 bits per heavy atom. The summed E-state index contributed by atoms with van der Waals surface area (Å²) < 4.78 is 0. The summed E-state index contributed by atoms with van der Waals surface area (Å²) in [5.41, 5.74) is 0. The van der Waals surface area contributed by atoms with Gasteiger partial charge in [0, 0.05) is 6.42 Å². The molecule has 0 radical (unpaired) electrons. The molecule has 0 unspecified atom stereocenters. The maximum Gasteiger partial charge on any atom is 0.0102 e. The molecule has 0 heterocycles. The molecule has 0 nitrogen and oxygen atoms in total. The molecule has 0 N–H and O–H groups in total. The van der Waals surface area contributed by atoms with E-state index >= 15 is 0 Å². The minimum atomic E-state index is 0.860. The van der Waals surface area contributed by atoms with Crippen LogP contribution in [-0.2, 0) is 0 Å². The maximum atomic E-state index is 5.11. The van der Waals surface area contributed by atoms with Crippen LogP contribution in [-0.4, -0.2) is 0 Å². The zero-order valence-electron chi connectivity index (χ0n) is 12.6. The fourth-order valence-electron chi connectivity index (χ4n) is 1.46. The van der Waals surface area contributed by atoms with Gasteiger partial charge >= 0.3 is 0 Å². The van der Waals surface area contributed by atoms with Crippen LogP contribution in [0.1, 0.15) is 44.9 Å². The third kappa shape index (κ3) is 17.5. The van der Waals surface area contributed by atoms with E-state index in [9.17, 15) is 0 Å². The molecule has 0 bridgehead atoms. The maximum absolute atomic E-state index is 5.11. The van der Waals surface area contributed by atoms with Gasteiger partial charge in [0.25, 0.3) is 0 Å². The summed E-state index contributed by atoms with van der Waals surface area (Å²) >= 11 is 0. The Hall–Kier alpha value is -2.54. The van der Waals surface area contributed by atoms with Gasteiger partial charge in [-0.05, 0) is 68.6 Å². The number of hydrogen-bond donors (Lipinski definition) is 0. The van der Waals surface area contributed by atoms with E-state index in [0.29, 0.717) is 0 Å². The molecule has 0 aromatic heterocycles. The second-order valence-corrected chi connectivity index (χ2v) is 4.29. The zero-order valence-corrected chi connectivity index (χ0v) is 12.6. The van der Waals surface area contributed by atoms with Gasteiger partial charge in [-0.25, -0.2) is 0 Å². The molecule has 0 aromatic carbocycles. The summed E-state index contributed by atoms with van der Waals surface area (Å²) in [7, 11) is 0. The van der Waals surface area contributed by atoms with Gasteiger partial charge in [-0.15, -0.1) is 12.8 Å². The predicted octanol–water partition coefficient (Wildman–Crippen LogP) is 4.66. The largest absolute Gasteiger partial charge is 0.115 e. The molecule has 0 heteroatoms. The fraction of sp³-hybridized carbons (Fsp3) is 0.333. The van der Waals surface area contributed by atoms with E-state index in [1.807, 2.05) is 18.2 Å². The van der Waals surface area contributed by atoms with Crippen molar-refractivity contribution in [3.8, 4) is 48.4 Å². The normalized spacial score (nSPS) is 9.81. The summed E-state index contributed by atoms with van der Waals surface area (Å²) in [5, 5.41) is 0. The molecular weight excluding hydrogens is 252 g/mol. The molecule has 0 amide bonds. The van der Waals surface area contributed by atoms with Crippen LogP contribution in [0.25, 0.3) is 0 Å². The Labute approximate surface area is 130 Å². The highest BCUT2D eigenvalue weighted by Crippen LogP contribution is 2.01. The van der Waals surface area contributed by atoms with E-state index in [-0.39, 0.29) is 0 Å². The minimum Gasteiger partial charge on any atom is -0.115 e. The monoisotopic (exact) mass is 274 g/mol. The van der Waals surface area contributed by atoms with E-state index < -0.39 is 0 Å². The Morgan fingerprint density at radius 3 is 1.86 bits per heavy atom. The summed E-state index contributed by atoms with van der Waals surface area (Å²) in [4.78, 5) is 0. The minimum absolute atomic E-state index is 0.860. The van der Waals surface area contributed by atoms with Gasteiger partial charge in [0.2, 0.25) is 0 Å². The highest BCUT2D eigenvalue weighted by atomic mass is 13.9. The standard InChI is InChI=1S/C21H22/c1-3-5-7-9-11-13-15-17-19-21-20-18-16-14-12-10-8-6-4-2/h1-2,5-8,17,19H,9-15H2/b7-5-,8-6-,19-17-. The van der Waals surface area contributed by atoms with Crippen molar-refractivity contribution in [2.24, 2.45) is 0 Å². The molecule has 106 valence electrons. The highest BCUT2D eigenvalue weighted by Gasteiger charge is 1.82. The number of unbranched alkanes of at least 4 members (excludes halogenated alkanes) is 5. The molecule has 0 aliphatic heterocycles. The van der Waals surface area contributed by atoms with Crippen molar-refractivity contribution in [1.29, 1.82) is 0 Å². The van der Waals surface area contributed by atoms with Gasteiger partial charge in [0.15, 0.2) is 0 Å². The Bertz CT molecular complexity index is 533. The van der Waals surface area contributed by atoms with Crippen LogP contribution >= 0.6 is 0 Å². The van der Waals surface area contributed by atoms with E-state index in [0.717, 1.165) is 44.9 Å². The van der Waals surface area contributed by atoms with E-state index in [1.165, 1.54) is 0 Å². The molecule has 0 atom stereocenters. The molecule has 21 heavy (non-hydrogen) atoms. The van der Waals surface area contributed by atoms with Crippen LogP contribution in [0.2, 0.25) is 0 Å². The van der Waals surface area contributed by atoms with Crippen molar-refractivity contribution in [2.45, 2.75) is 44.9 Å². The van der Waals surface area contributed by atoms with Gasteiger partial charge in [-0.3, -0.25) is 0 Å². The summed E-state index contributed by atoms with van der Waals surface area (Å²) in [6.45, 7) is 0. The third-order valence-corrected chi connectivity index (χ3v) is 2.52. The third-order valence-electron chi connectivity index (χ3n) is 2.52. The van der Waals surface area contributed by atoms with Crippen molar-refractivity contribution in [1.82, 2.24) is 0 Å². The molecule has 0 aromatic rings. The van der Waals surface area contributed by atoms with Crippen molar-refractivity contribution < 1.29 is 0 Å². The average Bonchev–Trinajstić information content (AvgIpc) is 2.50. The van der Waals surface area contributed by atoms with Gasteiger partial charge < -0.3 is 0 Å². The predicted molar refractivity (Wildman–Crippen MR) is 93.0 cm³/mol. The first-order valence-electron chi connectivity index (χ1n) is 7.27. The van der Waals surface area contributed by atoms with Gasteiger partial charge in [-0.1, -0.05) is 41.9 Å². The van der Waals surface area contributed by atoms with Crippen LogP contribution in [0.4, 0.5) is 0 Å². The lowest BCUT2D eigenvalue weighted by Gasteiger charge is -1.90. The molecule has 0 saturated carbocycles. The lowest BCUT2D eigenvalue weighted by atomic mass is 10.2. The van der Waals surface area contributed by atoms with Crippen LogP contribution < -0.4 is 0 Å². The average molecular weight is 274 g/mol. The Kier molecular flexibility index (Phi) is 15.3. The van der Waals surface area contributed by atoms with Crippen molar-refractivity contribution >= 4 is 0 Å². The number of rotatable bonds is 8. The van der Waals surface area contributed by atoms with Crippen LogP contribution in [0.3, 0.4) is 0 Å². The lowest BCUT2D eigenvalue weighted by molar-refractivity contribution is 0.762. The molecule has 0 spiro atoms. The topological polar surface area (TPSA) is 0 Å².